The smallest absolute Gasteiger partial charge is 0.339 e. The quantitative estimate of drug-likeness (QED) is 0.436. The van der Waals surface area contributed by atoms with Gasteiger partial charge in [0.2, 0.25) is 0 Å². The Hall–Kier alpha value is -2.98. The summed E-state index contributed by atoms with van der Waals surface area (Å²) in [5.74, 6) is -0.418. The van der Waals surface area contributed by atoms with Gasteiger partial charge in [-0.1, -0.05) is 32.0 Å². The molecule has 34 heavy (non-hydrogen) atoms. The molecule has 5 nitrogen and oxygen atoms in total. The summed E-state index contributed by atoms with van der Waals surface area (Å²) >= 11 is 0. The maximum atomic E-state index is 14.9. The minimum absolute atomic E-state index is 0.0983. The van der Waals surface area contributed by atoms with E-state index in [9.17, 15) is 18.8 Å². The van der Waals surface area contributed by atoms with Gasteiger partial charge in [0, 0.05) is 12.1 Å². The molecule has 0 aliphatic carbocycles. The number of nitriles is 1. The zero-order chi connectivity index (χ0) is 24.7. The van der Waals surface area contributed by atoms with Gasteiger partial charge in [0.15, 0.2) is 0 Å². The average molecular weight is 471 g/mol. The molecule has 0 bridgehead atoms. The van der Waals surface area contributed by atoms with E-state index in [-0.39, 0.29) is 16.7 Å². The van der Waals surface area contributed by atoms with Gasteiger partial charge < -0.3 is 14.4 Å². The van der Waals surface area contributed by atoms with Crippen molar-refractivity contribution >= 4 is 5.97 Å². The van der Waals surface area contributed by atoms with Crippen LogP contribution in [0.2, 0.25) is 0 Å². The van der Waals surface area contributed by atoms with Gasteiger partial charge in [-0.15, -0.1) is 0 Å². The van der Waals surface area contributed by atoms with Crippen molar-refractivity contribution in [3.8, 4) is 22.9 Å². The summed E-state index contributed by atoms with van der Waals surface area (Å²) in [5, 5.41) is 9.31. The molecule has 182 valence electrons. The molecule has 1 heterocycles. The molecule has 0 amide bonds. The zero-order valence-corrected chi connectivity index (χ0v) is 20.1. The minimum atomic E-state index is -1.10. The second-order valence-corrected chi connectivity index (χ2v) is 8.87. The highest BCUT2D eigenvalue weighted by molar-refractivity contribution is 5.93. The molecule has 0 radical (unpaired) electrons. The van der Waals surface area contributed by atoms with E-state index < -0.39 is 17.5 Å². The fourth-order valence-corrected chi connectivity index (χ4v) is 4.32. The largest absolute Gasteiger partial charge is 0.493 e. The van der Waals surface area contributed by atoms with Crippen LogP contribution in [0.25, 0.3) is 11.1 Å². The first-order valence-corrected chi connectivity index (χ1v) is 11.8. The molecule has 7 heteroatoms. The fraction of sp³-hybridized carbons (Fsp3) is 0.481. The molecule has 1 aliphatic heterocycles. The molecular formula is C27H32F2N2O3. The second-order valence-electron chi connectivity index (χ2n) is 8.87. The van der Waals surface area contributed by atoms with E-state index in [4.69, 9.17) is 4.74 Å². The number of likely N-dealkylation sites (tertiary alicyclic amines) is 1. The Morgan fingerprint density at radius 2 is 1.79 bits per heavy atom. The van der Waals surface area contributed by atoms with Crippen LogP contribution in [0.1, 0.15) is 55.5 Å². The predicted octanol–water partition coefficient (Wildman–Crippen LogP) is 5.77. The average Bonchev–Trinajstić information content (AvgIpc) is 2.88. The minimum Gasteiger partial charge on any atom is -0.493 e. The highest BCUT2D eigenvalue weighted by atomic mass is 19.1. The first-order valence-electron chi connectivity index (χ1n) is 11.8. The predicted molar refractivity (Wildman–Crippen MR) is 127 cm³/mol. The topological polar surface area (TPSA) is 62.6 Å². The van der Waals surface area contributed by atoms with Gasteiger partial charge in [-0.05, 0) is 68.5 Å². The Balaban J connectivity index is 1.57. The SMILES string of the molecule is CCC(F)(CC)CN1CCC(COc2ccc(-c3ccc(C(=O)OC)c(C#N)c3F)cc2)CC1. The number of alkyl halides is 1. The van der Waals surface area contributed by atoms with Gasteiger partial charge in [0.25, 0.3) is 0 Å². The van der Waals surface area contributed by atoms with Gasteiger partial charge in [0.1, 0.15) is 28.9 Å². The molecule has 0 saturated carbocycles. The van der Waals surface area contributed by atoms with Gasteiger partial charge in [-0.2, -0.15) is 5.26 Å². The molecule has 1 saturated heterocycles. The van der Waals surface area contributed by atoms with Crippen molar-refractivity contribution in [3.63, 3.8) is 0 Å². The van der Waals surface area contributed by atoms with Gasteiger partial charge in [0.05, 0.1) is 19.3 Å². The van der Waals surface area contributed by atoms with Crippen molar-refractivity contribution in [2.75, 3.05) is 33.4 Å². The molecular weight excluding hydrogens is 438 g/mol. The van der Waals surface area contributed by atoms with E-state index in [0.717, 1.165) is 25.9 Å². The number of methoxy groups -OCH3 is 1. The summed E-state index contributed by atoms with van der Waals surface area (Å²) in [5.41, 5.74) is -0.727. The first kappa shape index (κ1) is 25.6. The van der Waals surface area contributed by atoms with E-state index in [1.807, 2.05) is 13.8 Å². The summed E-state index contributed by atoms with van der Waals surface area (Å²) in [6, 6.07) is 11.6. The van der Waals surface area contributed by atoms with Crippen LogP contribution in [0.5, 0.6) is 5.75 Å². The number of hydrogen-bond donors (Lipinski definition) is 0. The van der Waals surface area contributed by atoms with Crippen LogP contribution >= 0.6 is 0 Å². The Kier molecular flexibility index (Phi) is 8.62. The number of carbonyl (C=O) groups excluding carboxylic acids is 1. The Labute approximate surface area is 200 Å². The highest BCUT2D eigenvalue weighted by Crippen LogP contribution is 2.30. The lowest BCUT2D eigenvalue weighted by atomic mass is 9.94. The zero-order valence-electron chi connectivity index (χ0n) is 20.1. The molecule has 0 aromatic heterocycles. The number of rotatable bonds is 9. The van der Waals surface area contributed by atoms with Crippen LogP contribution in [-0.2, 0) is 4.74 Å². The van der Waals surface area contributed by atoms with E-state index in [1.54, 1.807) is 30.3 Å². The van der Waals surface area contributed by atoms with Crippen LogP contribution in [0.4, 0.5) is 8.78 Å². The number of carbonyl (C=O) groups is 1. The molecule has 3 rings (SSSR count). The summed E-state index contributed by atoms with van der Waals surface area (Å²) in [6.07, 6.45) is 3.02. The Bertz CT molecular complexity index is 1020. The second kappa shape index (κ2) is 11.4. The van der Waals surface area contributed by atoms with Crippen LogP contribution in [0, 0.1) is 23.1 Å². The number of piperidine rings is 1. The summed E-state index contributed by atoms with van der Waals surface area (Å²) in [7, 11) is 1.19. The van der Waals surface area contributed by atoms with Crippen LogP contribution < -0.4 is 4.74 Å². The van der Waals surface area contributed by atoms with Crippen molar-refractivity contribution in [2.45, 2.75) is 45.2 Å². The molecule has 0 N–H and O–H groups in total. The molecule has 0 unspecified atom stereocenters. The highest BCUT2D eigenvalue weighted by Gasteiger charge is 2.30. The summed E-state index contributed by atoms with van der Waals surface area (Å²) < 4.78 is 40.1. The van der Waals surface area contributed by atoms with Gasteiger partial charge >= 0.3 is 5.97 Å². The van der Waals surface area contributed by atoms with Crippen LogP contribution in [-0.4, -0.2) is 49.9 Å². The normalized spacial score (nSPS) is 15.1. The van der Waals surface area contributed by atoms with E-state index >= 15 is 0 Å². The number of halogens is 2. The monoisotopic (exact) mass is 470 g/mol. The van der Waals surface area contributed by atoms with E-state index in [2.05, 4.69) is 9.64 Å². The Morgan fingerprint density at radius 3 is 2.35 bits per heavy atom. The van der Waals surface area contributed by atoms with Gasteiger partial charge in [-0.25, -0.2) is 13.6 Å². The van der Waals surface area contributed by atoms with Gasteiger partial charge in [-0.3, -0.25) is 0 Å². The summed E-state index contributed by atoms with van der Waals surface area (Å²) in [6.45, 7) is 6.64. The van der Waals surface area contributed by atoms with Crippen molar-refractivity contribution < 1.29 is 23.0 Å². The Morgan fingerprint density at radius 1 is 1.15 bits per heavy atom. The van der Waals surface area contributed by atoms with E-state index in [0.29, 0.717) is 43.2 Å². The lowest BCUT2D eigenvalue weighted by Crippen LogP contribution is -2.44. The molecule has 0 atom stereocenters. The molecule has 2 aromatic rings. The maximum Gasteiger partial charge on any atom is 0.339 e. The van der Waals surface area contributed by atoms with Crippen molar-refractivity contribution in [1.29, 1.82) is 5.26 Å². The molecule has 1 aliphatic rings. The maximum absolute atomic E-state index is 14.9. The molecule has 0 spiro atoms. The fourth-order valence-electron chi connectivity index (χ4n) is 4.32. The van der Waals surface area contributed by atoms with E-state index in [1.165, 1.54) is 19.2 Å². The lowest BCUT2D eigenvalue weighted by Gasteiger charge is -2.36. The van der Waals surface area contributed by atoms with Crippen molar-refractivity contribution in [1.82, 2.24) is 4.90 Å². The third-order valence-corrected chi connectivity index (χ3v) is 6.79. The van der Waals surface area contributed by atoms with Crippen molar-refractivity contribution in [3.05, 3.63) is 53.3 Å². The number of ether oxygens (including phenoxy) is 2. The van der Waals surface area contributed by atoms with Crippen molar-refractivity contribution in [2.24, 2.45) is 5.92 Å². The number of benzene rings is 2. The third kappa shape index (κ3) is 5.92. The first-order chi connectivity index (χ1) is 16.3. The standard InChI is InChI=1S/C27H32F2N2O3/c1-4-27(29,5-2)18-31-14-12-19(13-15-31)17-34-21-8-6-20(7-9-21)22-10-11-23(26(32)33-3)24(16-30)25(22)28/h6-11,19H,4-5,12-15,17-18H2,1-3H3. The summed E-state index contributed by atoms with van der Waals surface area (Å²) in [4.78, 5) is 14.0. The number of nitrogens with zero attached hydrogens (tertiary/aromatic N) is 2. The number of esters is 1. The molecule has 1 fully saturated rings. The third-order valence-electron chi connectivity index (χ3n) is 6.79. The van der Waals surface area contributed by atoms with Crippen LogP contribution in [0.15, 0.2) is 36.4 Å². The van der Waals surface area contributed by atoms with Crippen LogP contribution in [0.3, 0.4) is 0 Å². The lowest BCUT2D eigenvalue weighted by molar-refractivity contribution is 0.0568. The number of hydrogen-bond acceptors (Lipinski definition) is 5. The molecule has 2 aromatic carbocycles.